The Bertz CT molecular complexity index is 1140. The number of hydrogen-bond donors (Lipinski definition) is 0. The van der Waals surface area contributed by atoms with Crippen LogP contribution in [-0.2, 0) is 5.41 Å². The first-order valence-corrected chi connectivity index (χ1v) is 10.9. The molecule has 0 N–H and O–H groups in total. The molecule has 1 aliphatic rings. The van der Waals surface area contributed by atoms with Crippen LogP contribution in [0.5, 0.6) is 5.88 Å². The van der Waals surface area contributed by atoms with Crippen LogP contribution in [0.3, 0.4) is 0 Å². The number of likely N-dealkylation sites (N-methyl/N-ethyl adjacent to an activating group) is 1. The number of hydrogen-bond acceptors (Lipinski definition) is 6. The van der Waals surface area contributed by atoms with Crippen molar-refractivity contribution >= 4 is 11.6 Å². The minimum atomic E-state index is -1.13. The van der Waals surface area contributed by atoms with Gasteiger partial charge in [-0.05, 0) is 46.4 Å². The standard InChI is InChI=1S/C23H24ClF3N4O2/c1-12(16-8-13(25)11-31(16)4)32-20-10-19(24)28-22(29-20)17-9-18(30-33-17)23(2,3)21-14(26)6-5-7-15(21)27/h5-7,9-10,12-13,16H,8,11H2,1-4H3/t12-,13+,16-/m0/s1. The van der Waals surface area contributed by atoms with Crippen LogP contribution in [-0.4, -0.2) is 51.9 Å². The molecule has 6 nitrogen and oxygen atoms in total. The molecule has 0 saturated carbocycles. The van der Waals surface area contributed by atoms with E-state index in [2.05, 4.69) is 15.1 Å². The minimum absolute atomic E-state index is 0.106. The molecular weight excluding hydrogens is 457 g/mol. The molecule has 176 valence electrons. The van der Waals surface area contributed by atoms with E-state index in [0.29, 0.717) is 18.7 Å². The number of aromatic nitrogens is 3. The van der Waals surface area contributed by atoms with Crippen LogP contribution in [0.4, 0.5) is 13.2 Å². The number of nitrogens with zero attached hydrogens (tertiary/aromatic N) is 4. The Morgan fingerprint density at radius 1 is 1.21 bits per heavy atom. The van der Waals surface area contributed by atoms with Gasteiger partial charge in [0.25, 0.3) is 0 Å². The summed E-state index contributed by atoms with van der Waals surface area (Å²) in [5, 5.41) is 4.12. The zero-order valence-corrected chi connectivity index (χ0v) is 19.4. The van der Waals surface area contributed by atoms with E-state index in [-0.39, 0.29) is 40.3 Å². The summed E-state index contributed by atoms with van der Waals surface area (Å²) in [6, 6.07) is 6.56. The molecule has 0 aliphatic carbocycles. The SMILES string of the molecule is C[C@H](Oc1cc(Cl)nc(-c2cc(C(C)(C)c3c(F)cccc3F)no2)n1)[C@@H]1C[C@@H](F)CN1C. The number of halogens is 4. The first kappa shape index (κ1) is 23.5. The highest BCUT2D eigenvalue weighted by Gasteiger charge is 2.35. The Balaban J connectivity index is 1.60. The zero-order valence-electron chi connectivity index (χ0n) is 18.7. The molecule has 2 aromatic heterocycles. The number of rotatable bonds is 6. The predicted molar refractivity (Wildman–Crippen MR) is 117 cm³/mol. The van der Waals surface area contributed by atoms with Crippen molar-refractivity contribution in [3.05, 3.63) is 58.4 Å². The lowest BCUT2D eigenvalue weighted by Gasteiger charge is -2.25. The van der Waals surface area contributed by atoms with Gasteiger partial charge >= 0.3 is 0 Å². The van der Waals surface area contributed by atoms with Crippen LogP contribution in [0.25, 0.3) is 11.6 Å². The second-order valence-electron chi connectivity index (χ2n) is 8.81. The van der Waals surface area contributed by atoms with Gasteiger partial charge in [-0.3, -0.25) is 4.90 Å². The average Bonchev–Trinajstić information content (AvgIpc) is 3.34. The lowest BCUT2D eigenvalue weighted by Crippen LogP contribution is -2.38. The van der Waals surface area contributed by atoms with E-state index in [1.807, 2.05) is 18.9 Å². The fraction of sp³-hybridized carbons (Fsp3) is 0.435. The van der Waals surface area contributed by atoms with E-state index >= 15 is 0 Å². The van der Waals surface area contributed by atoms with Gasteiger partial charge in [-0.25, -0.2) is 18.2 Å². The van der Waals surface area contributed by atoms with E-state index in [0.717, 1.165) is 0 Å². The van der Waals surface area contributed by atoms with Crippen LogP contribution >= 0.6 is 11.6 Å². The Morgan fingerprint density at radius 3 is 2.55 bits per heavy atom. The largest absolute Gasteiger partial charge is 0.473 e. The highest BCUT2D eigenvalue weighted by atomic mass is 35.5. The van der Waals surface area contributed by atoms with Crippen molar-refractivity contribution in [3.63, 3.8) is 0 Å². The van der Waals surface area contributed by atoms with Gasteiger partial charge in [0.2, 0.25) is 17.5 Å². The lowest BCUT2D eigenvalue weighted by atomic mass is 9.80. The number of alkyl halides is 1. The minimum Gasteiger partial charge on any atom is -0.473 e. The van der Waals surface area contributed by atoms with Gasteiger partial charge in [0, 0.05) is 35.7 Å². The maximum absolute atomic E-state index is 14.4. The van der Waals surface area contributed by atoms with Gasteiger partial charge in [-0.1, -0.05) is 22.8 Å². The van der Waals surface area contributed by atoms with Crippen molar-refractivity contribution in [2.45, 2.75) is 50.9 Å². The first-order chi connectivity index (χ1) is 15.6. The molecular formula is C23H24ClF3N4O2. The quantitative estimate of drug-likeness (QED) is 0.452. The van der Waals surface area contributed by atoms with Crippen molar-refractivity contribution in [1.29, 1.82) is 0 Å². The Hall–Kier alpha value is -2.65. The maximum atomic E-state index is 14.4. The Labute approximate surface area is 194 Å². The number of likely N-dealkylation sites (tertiary alicyclic amines) is 1. The molecule has 0 bridgehead atoms. The molecule has 3 heterocycles. The second-order valence-corrected chi connectivity index (χ2v) is 9.20. The molecule has 1 saturated heterocycles. The van der Waals surface area contributed by atoms with E-state index < -0.39 is 23.2 Å². The van der Waals surface area contributed by atoms with Gasteiger partial charge in [0.15, 0.2) is 0 Å². The molecule has 1 aliphatic heterocycles. The molecule has 10 heteroatoms. The van der Waals surface area contributed by atoms with E-state index in [9.17, 15) is 13.2 Å². The molecule has 1 aromatic carbocycles. The third kappa shape index (κ3) is 4.70. The van der Waals surface area contributed by atoms with Gasteiger partial charge in [0.05, 0.1) is 5.69 Å². The molecule has 4 rings (SSSR count). The van der Waals surface area contributed by atoms with Gasteiger partial charge in [0.1, 0.15) is 29.1 Å². The smallest absolute Gasteiger partial charge is 0.218 e. The molecule has 33 heavy (non-hydrogen) atoms. The summed E-state index contributed by atoms with van der Waals surface area (Å²) < 4.78 is 53.8. The molecule has 3 atom stereocenters. The summed E-state index contributed by atoms with van der Waals surface area (Å²) in [6.45, 7) is 5.48. The fourth-order valence-electron chi connectivity index (χ4n) is 4.25. The fourth-order valence-corrected chi connectivity index (χ4v) is 4.42. The van der Waals surface area contributed by atoms with Crippen molar-refractivity contribution in [3.8, 4) is 17.5 Å². The summed E-state index contributed by atoms with van der Waals surface area (Å²) in [6.07, 6.45) is -0.870. The van der Waals surface area contributed by atoms with E-state index in [4.69, 9.17) is 20.9 Å². The molecule has 1 fully saturated rings. The van der Waals surface area contributed by atoms with Crippen LogP contribution in [0.2, 0.25) is 5.15 Å². The monoisotopic (exact) mass is 480 g/mol. The number of benzene rings is 1. The zero-order chi connectivity index (χ0) is 23.9. The summed E-state index contributed by atoms with van der Waals surface area (Å²) in [4.78, 5) is 10.4. The summed E-state index contributed by atoms with van der Waals surface area (Å²) in [5.74, 6) is -0.889. The predicted octanol–water partition coefficient (Wildman–Crippen LogP) is 5.20. The molecule has 0 radical (unpaired) electrons. The maximum Gasteiger partial charge on any atom is 0.218 e. The van der Waals surface area contributed by atoms with E-state index in [1.165, 1.54) is 30.3 Å². The van der Waals surface area contributed by atoms with E-state index in [1.54, 1.807) is 13.8 Å². The molecule has 0 spiro atoms. The normalized spacial score (nSPS) is 20.2. The van der Waals surface area contributed by atoms with Gasteiger partial charge in [-0.2, -0.15) is 4.98 Å². The lowest BCUT2D eigenvalue weighted by molar-refractivity contribution is 0.117. The average molecular weight is 481 g/mol. The van der Waals surface area contributed by atoms with Crippen LogP contribution in [0, 0.1) is 11.6 Å². The molecule has 0 amide bonds. The highest BCUT2D eigenvalue weighted by molar-refractivity contribution is 6.29. The topological polar surface area (TPSA) is 64.3 Å². The van der Waals surface area contributed by atoms with Crippen LogP contribution in [0.15, 0.2) is 34.9 Å². The summed E-state index contributed by atoms with van der Waals surface area (Å²) in [7, 11) is 1.85. The van der Waals surface area contributed by atoms with Crippen molar-refractivity contribution < 1.29 is 22.4 Å². The third-order valence-electron chi connectivity index (χ3n) is 6.03. The third-order valence-corrected chi connectivity index (χ3v) is 6.22. The highest BCUT2D eigenvalue weighted by Crippen LogP contribution is 2.36. The summed E-state index contributed by atoms with van der Waals surface area (Å²) >= 11 is 6.17. The molecule has 0 unspecified atom stereocenters. The van der Waals surface area contributed by atoms with Crippen LogP contribution < -0.4 is 4.74 Å². The van der Waals surface area contributed by atoms with Gasteiger partial charge in [-0.15, -0.1) is 0 Å². The summed E-state index contributed by atoms with van der Waals surface area (Å²) in [5.41, 5.74) is -0.955. The molecule has 3 aromatic rings. The van der Waals surface area contributed by atoms with Crippen molar-refractivity contribution in [1.82, 2.24) is 20.0 Å². The van der Waals surface area contributed by atoms with Crippen molar-refractivity contribution in [2.24, 2.45) is 0 Å². The Kier molecular flexibility index (Phi) is 6.37. The number of ether oxygens (including phenoxy) is 1. The van der Waals surface area contributed by atoms with Crippen molar-refractivity contribution in [2.75, 3.05) is 13.6 Å². The van der Waals surface area contributed by atoms with Gasteiger partial charge < -0.3 is 9.26 Å². The van der Waals surface area contributed by atoms with Crippen LogP contribution in [0.1, 0.15) is 38.4 Å². The Morgan fingerprint density at radius 2 is 1.91 bits per heavy atom. The second kappa shape index (κ2) is 8.95. The first-order valence-electron chi connectivity index (χ1n) is 10.5.